The van der Waals surface area contributed by atoms with Crippen molar-refractivity contribution in [2.45, 2.75) is 46.0 Å². The largest absolute Gasteiger partial charge is 0.0859 e. The van der Waals surface area contributed by atoms with Gasteiger partial charge in [-0.15, -0.1) is 0 Å². The molecule has 0 spiro atoms. The molecule has 0 saturated carbocycles. The van der Waals surface area contributed by atoms with Crippen LogP contribution < -0.4 is 0 Å². The highest BCUT2D eigenvalue weighted by molar-refractivity contribution is 5.21. The van der Waals surface area contributed by atoms with Crippen LogP contribution in [-0.4, -0.2) is 0 Å². The van der Waals surface area contributed by atoms with Gasteiger partial charge in [0.15, 0.2) is 0 Å². The zero-order chi connectivity index (χ0) is 11.1. The summed E-state index contributed by atoms with van der Waals surface area (Å²) in [4.78, 5) is 0. The van der Waals surface area contributed by atoms with Crippen molar-refractivity contribution in [3.8, 4) is 0 Å². The van der Waals surface area contributed by atoms with Crippen molar-refractivity contribution in [3.63, 3.8) is 0 Å². The number of hydrogen-bond acceptors (Lipinski definition) is 0. The van der Waals surface area contributed by atoms with Gasteiger partial charge >= 0.3 is 0 Å². The van der Waals surface area contributed by atoms with Crippen molar-refractivity contribution < 1.29 is 0 Å². The van der Waals surface area contributed by atoms with Crippen LogP contribution in [0.2, 0.25) is 0 Å². The molecule has 82 valence electrons. The Balaban J connectivity index is 2.69. The van der Waals surface area contributed by atoms with Gasteiger partial charge in [0.25, 0.3) is 0 Å². The fourth-order valence-electron chi connectivity index (χ4n) is 2.04. The van der Waals surface area contributed by atoms with E-state index in [0.717, 1.165) is 6.42 Å². The zero-order valence-electron chi connectivity index (χ0n) is 10.2. The summed E-state index contributed by atoms with van der Waals surface area (Å²) in [5.74, 6) is 0.689. The van der Waals surface area contributed by atoms with Gasteiger partial charge in [-0.3, -0.25) is 0 Å². The summed E-state index contributed by atoms with van der Waals surface area (Å²) in [6.45, 7) is 6.72. The Bertz CT molecular complexity index is 295. The van der Waals surface area contributed by atoms with Crippen LogP contribution in [0.1, 0.15) is 51.5 Å². The third-order valence-electron chi connectivity index (χ3n) is 2.88. The minimum Gasteiger partial charge on any atom is -0.0859 e. The van der Waals surface area contributed by atoms with E-state index < -0.39 is 0 Å². The molecule has 0 aliphatic heterocycles. The van der Waals surface area contributed by atoms with Gasteiger partial charge in [-0.25, -0.2) is 0 Å². The van der Waals surface area contributed by atoms with E-state index in [4.69, 9.17) is 0 Å². The smallest absolute Gasteiger partial charge is 0.0127 e. The van der Waals surface area contributed by atoms with Crippen LogP contribution in [0, 0.1) is 0 Å². The highest BCUT2D eigenvalue weighted by Crippen LogP contribution is 2.26. The normalized spacial score (nSPS) is 13.9. The summed E-state index contributed by atoms with van der Waals surface area (Å²) in [6, 6.07) is 10.8. The van der Waals surface area contributed by atoms with Crippen LogP contribution in [-0.2, 0) is 0 Å². The quantitative estimate of drug-likeness (QED) is 0.594. The Hall–Kier alpha value is -1.04. The maximum atomic E-state index is 2.34. The molecule has 0 saturated heterocycles. The highest BCUT2D eigenvalue weighted by atomic mass is 14.1. The minimum absolute atomic E-state index is 0.689. The molecule has 0 heterocycles. The second-order valence-electron chi connectivity index (χ2n) is 4.18. The van der Waals surface area contributed by atoms with E-state index >= 15 is 0 Å². The SMILES string of the molecule is CC/C=C(\C)CC(CC)c1ccccc1. The first-order chi connectivity index (χ1) is 7.27. The van der Waals surface area contributed by atoms with Gasteiger partial charge in [-0.2, -0.15) is 0 Å². The molecule has 1 aromatic carbocycles. The lowest BCUT2D eigenvalue weighted by atomic mass is 9.90. The molecule has 1 atom stereocenters. The lowest BCUT2D eigenvalue weighted by Gasteiger charge is -2.15. The standard InChI is InChI=1S/C15H22/c1-4-9-13(3)12-14(5-2)15-10-7-6-8-11-15/h6-11,14H,4-5,12H2,1-3H3/b13-9+. The van der Waals surface area contributed by atoms with Crippen LogP contribution in [0.4, 0.5) is 0 Å². The molecular formula is C15H22. The van der Waals surface area contributed by atoms with Crippen molar-refractivity contribution >= 4 is 0 Å². The molecule has 0 nitrogen and oxygen atoms in total. The average Bonchev–Trinajstić information content (AvgIpc) is 2.27. The predicted octanol–water partition coefficient (Wildman–Crippen LogP) is 4.93. The highest BCUT2D eigenvalue weighted by Gasteiger charge is 2.08. The fourth-order valence-corrected chi connectivity index (χ4v) is 2.04. The predicted molar refractivity (Wildman–Crippen MR) is 68.1 cm³/mol. The van der Waals surface area contributed by atoms with Gasteiger partial charge in [0.05, 0.1) is 0 Å². The van der Waals surface area contributed by atoms with Gasteiger partial charge in [-0.05, 0) is 37.7 Å². The number of allylic oxidation sites excluding steroid dienone is 2. The second kappa shape index (κ2) is 6.44. The lowest BCUT2D eigenvalue weighted by Crippen LogP contribution is -1.97. The van der Waals surface area contributed by atoms with Crippen LogP contribution in [0.5, 0.6) is 0 Å². The Kier molecular flexibility index (Phi) is 5.17. The topological polar surface area (TPSA) is 0 Å². The Morgan fingerprint density at radius 3 is 2.40 bits per heavy atom. The van der Waals surface area contributed by atoms with E-state index in [2.05, 4.69) is 57.2 Å². The zero-order valence-corrected chi connectivity index (χ0v) is 10.2. The maximum absolute atomic E-state index is 2.34. The summed E-state index contributed by atoms with van der Waals surface area (Å²) >= 11 is 0. The summed E-state index contributed by atoms with van der Waals surface area (Å²) in [7, 11) is 0. The molecule has 0 aromatic heterocycles. The maximum Gasteiger partial charge on any atom is -0.0127 e. The first-order valence-electron chi connectivity index (χ1n) is 5.98. The Morgan fingerprint density at radius 2 is 1.87 bits per heavy atom. The number of benzene rings is 1. The van der Waals surface area contributed by atoms with Crippen molar-refractivity contribution in [3.05, 3.63) is 47.5 Å². The van der Waals surface area contributed by atoms with Gasteiger partial charge in [0.2, 0.25) is 0 Å². The van der Waals surface area contributed by atoms with Gasteiger partial charge in [0.1, 0.15) is 0 Å². The Morgan fingerprint density at radius 1 is 1.20 bits per heavy atom. The number of rotatable bonds is 5. The van der Waals surface area contributed by atoms with Crippen LogP contribution >= 0.6 is 0 Å². The first kappa shape index (κ1) is 12.0. The van der Waals surface area contributed by atoms with E-state index in [9.17, 15) is 0 Å². The van der Waals surface area contributed by atoms with Crippen molar-refractivity contribution in [2.24, 2.45) is 0 Å². The Labute approximate surface area is 94.0 Å². The van der Waals surface area contributed by atoms with E-state index in [-0.39, 0.29) is 0 Å². The van der Waals surface area contributed by atoms with Crippen LogP contribution in [0.3, 0.4) is 0 Å². The molecule has 15 heavy (non-hydrogen) atoms. The van der Waals surface area contributed by atoms with Crippen LogP contribution in [0.15, 0.2) is 42.0 Å². The first-order valence-corrected chi connectivity index (χ1v) is 5.98. The lowest BCUT2D eigenvalue weighted by molar-refractivity contribution is 0.654. The van der Waals surface area contributed by atoms with E-state index in [0.29, 0.717) is 5.92 Å². The molecular weight excluding hydrogens is 180 g/mol. The molecule has 1 aromatic rings. The summed E-state index contributed by atoms with van der Waals surface area (Å²) in [5.41, 5.74) is 3.00. The molecule has 0 fully saturated rings. The van der Waals surface area contributed by atoms with Gasteiger partial charge in [-0.1, -0.05) is 55.8 Å². The molecule has 0 bridgehead atoms. The third kappa shape index (κ3) is 3.91. The monoisotopic (exact) mass is 202 g/mol. The molecule has 1 unspecified atom stereocenters. The summed E-state index contributed by atoms with van der Waals surface area (Å²) in [6.07, 6.45) is 5.91. The molecule has 0 N–H and O–H groups in total. The molecule has 0 radical (unpaired) electrons. The van der Waals surface area contributed by atoms with E-state index in [1.54, 1.807) is 0 Å². The molecule has 0 aliphatic rings. The van der Waals surface area contributed by atoms with Gasteiger partial charge < -0.3 is 0 Å². The molecule has 0 aliphatic carbocycles. The second-order valence-corrected chi connectivity index (χ2v) is 4.18. The summed E-state index contributed by atoms with van der Waals surface area (Å²) < 4.78 is 0. The molecule has 0 amide bonds. The average molecular weight is 202 g/mol. The summed E-state index contributed by atoms with van der Waals surface area (Å²) in [5, 5.41) is 0. The molecule has 1 rings (SSSR count). The van der Waals surface area contributed by atoms with Crippen molar-refractivity contribution in [2.75, 3.05) is 0 Å². The van der Waals surface area contributed by atoms with Crippen LogP contribution in [0.25, 0.3) is 0 Å². The fraction of sp³-hybridized carbons (Fsp3) is 0.467. The minimum atomic E-state index is 0.689. The van der Waals surface area contributed by atoms with E-state index in [1.165, 1.54) is 24.0 Å². The molecule has 0 heteroatoms. The van der Waals surface area contributed by atoms with Crippen molar-refractivity contribution in [1.82, 2.24) is 0 Å². The van der Waals surface area contributed by atoms with Crippen molar-refractivity contribution in [1.29, 1.82) is 0 Å². The number of hydrogen-bond donors (Lipinski definition) is 0. The van der Waals surface area contributed by atoms with E-state index in [1.807, 2.05) is 0 Å². The third-order valence-corrected chi connectivity index (χ3v) is 2.88. The van der Waals surface area contributed by atoms with Gasteiger partial charge in [0, 0.05) is 0 Å².